The number of nitrogens with zero attached hydrogens (tertiary/aromatic N) is 3. The summed E-state index contributed by atoms with van der Waals surface area (Å²) in [6.45, 7) is 3.88. The zero-order chi connectivity index (χ0) is 17.6. The largest absolute Gasteiger partial charge is 0.227 e. The summed E-state index contributed by atoms with van der Waals surface area (Å²) in [7, 11) is 0. The molecule has 0 aliphatic carbocycles. The Balaban J connectivity index is 1.87. The van der Waals surface area contributed by atoms with E-state index in [9.17, 15) is 8.78 Å². The molecule has 0 amide bonds. The lowest BCUT2D eigenvalue weighted by molar-refractivity contribution is 0.626. The third-order valence-electron chi connectivity index (χ3n) is 4.14. The maximum Gasteiger partial charge on any atom is 0.161 e. The van der Waals surface area contributed by atoms with Crippen molar-refractivity contribution in [3.05, 3.63) is 77.0 Å². The van der Waals surface area contributed by atoms with Gasteiger partial charge in [0, 0.05) is 5.56 Å². The van der Waals surface area contributed by atoms with Gasteiger partial charge >= 0.3 is 0 Å². The first kappa shape index (κ1) is 16.0. The second-order valence-corrected chi connectivity index (χ2v) is 7.19. The Bertz CT molecular complexity index is 960. The summed E-state index contributed by atoms with van der Waals surface area (Å²) in [6, 6.07) is 12.7. The van der Waals surface area contributed by atoms with Crippen molar-refractivity contribution in [1.29, 1.82) is 0 Å². The normalized spacial score (nSPS) is 16.5. The summed E-state index contributed by atoms with van der Waals surface area (Å²) in [5.74, 6) is 0.199. The monoisotopic (exact) mass is 355 g/mol. The summed E-state index contributed by atoms with van der Waals surface area (Å²) in [6.07, 6.45) is 0. The van der Waals surface area contributed by atoms with Crippen LogP contribution in [0.15, 0.2) is 53.5 Å². The molecule has 3 aromatic rings. The zero-order valence-corrected chi connectivity index (χ0v) is 14.5. The second-order valence-electron chi connectivity index (χ2n) is 5.89. The van der Waals surface area contributed by atoms with Gasteiger partial charge < -0.3 is 0 Å². The fraction of sp³-hybridized carbons (Fsp3) is 0.158. The van der Waals surface area contributed by atoms with E-state index in [4.69, 9.17) is 0 Å². The van der Waals surface area contributed by atoms with Gasteiger partial charge in [-0.3, -0.25) is 0 Å². The van der Waals surface area contributed by atoms with E-state index < -0.39 is 0 Å². The topological polar surface area (TPSA) is 30.2 Å². The highest BCUT2D eigenvalue weighted by molar-refractivity contribution is 8.14. The van der Waals surface area contributed by atoms with Crippen molar-refractivity contribution in [3.63, 3.8) is 0 Å². The maximum absolute atomic E-state index is 13.3. The summed E-state index contributed by atoms with van der Waals surface area (Å²) < 4.78 is 28.3. The number of fused-ring (bicyclic) bond motifs is 1. The first-order valence-corrected chi connectivity index (χ1v) is 8.74. The number of halogens is 2. The molecule has 4 rings (SSSR count). The van der Waals surface area contributed by atoms with Gasteiger partial charge in [-0.1, -0.05) is 23.9 Å². The number of benzene rings is 2. The van der Waals surface area contributed by atoms with Crippen LogP contribution in [0.3, 0.4) is 0 Å². The van der Waals surface area contributed by atoms with Crippen molar-refractivity contribution in [2.45, 2.75) is 19.1 Å². The van der Waals surface area contributed by atoms with E-state index in [1.807, 2.05) is 13.8 Å². The van der Waals surface area contributed by atoms with Crippen LogP contribution < -0.4 is 0 Å². The Hall–Kier alpha value is -2.47. The second kappa shape index (κ2) is 6.11. The molecule has 0 saturated carbocycles. The van der Waals surface area contributed by atoms with Crippen LogP contribution in [0.4, 0.5) is 14.6 Å². The highest BCUT2D eigenvalue weighted by atomic mass is 32.2. The molecule has 0 spiro atoms. The molecular weight excluding hydrogens is 340 g/mol. The van der Waals surface area contributed by atoms with Crippen LogP contribution >= 0.6 is 11.8 Å². The van der Waals surface area contributed by atoms with Gasteiger partial charge in [-0.25, -0.2) is 18.5 Å². The summed E-state index contributed by atoms with van der Waals surface area (Å²) >= 11 is 1.63. The van der Waals surface area contributed by atoms with Gasteiger partial charge in [-0.15, -0.1) is 0 Å². The zero-order valence-electron chi connectivity index (χ0n) is 13.7. The minimum absolute atomic E-state index is 0.00213. The Labute approximate surface area is 148 Å². The van der Waals surface area contributed by atoms with Gasteiger partial charge in [0.1, 0.15) is 11.6 Å². The SMILES string of the molecule is CC1=Nc2c(c(C)nn2-c2ccc(F)cc2)[C@@H](c2ccc(F)cc2)S1. The van der Waals surface area contributed by atoms with E-state index in [0.29, 0.717) is 0 Å². The molecule has 0 bridgehead atoms. The van der Waals surface area contributed by atoms with E-state index in [1.165, 1.54) is 24.3 Å². The number of thioether (sulfide) groups is 1. The first-order chi connectivity index (χ1) is 12.0. The molecule has 2 heterocycles. The molecule has 25 heavy (non-hydrogen) atoms. The quantitative estimate of drug-likeness (QED) is 0.621. The number of hydrogen-bond donors (Lipinski definition) is 0. The van der Waals surface area contributed by atoms with Crippen molar-refractivity contribution >= 4 is 22.6 Å². The van der Waals surface area contributed by atoms with Crippen LogP contribution in [0.1, 0.15) is 29.0 Å². The summed E-state index contributed by atoms with van der Waals surface area (Å²) in [5.41, 5.74) is 3.62. The average Bonchev–Trinajstić information content (AvgIpc) is 2.92. The van der Waals surface area contributed by atoms with Crippen LogP contribution in [0.2, 0.25) is 0 Å². The molecule has 0 radical (unpaired) electrons. The van der Waals surface area contributed by atoms with Gasteiger partial charge in [0.25, 0.3) is 0 Å². The van der Waals surface area contributed by atoms with E-state index >= 15 is 0 Å². The Morgan fingerprint density at radius 3 is 2.16 bits per heavy atom. The van der Waals surface area contributed by atoms with Gasteiger partial charge in [0.15, 0.2) is 5.82 Å². The molecule has 0 fully saturated rings. The van der Waals surface area contributed by atoms with E-state index in [-0.39, 0.29) is 16.9 Å². The van der Waals surface area contributed by atoms with E-state index in [0.717, 1.165) is 33.4 Å². The molecule has 1 aliphatic heterocycles. The maximum atomic E-state index is 13.3. The van der Waals surface area contributed by atoms with Gasteiger partial charge in [-0.2, -0.15) is 5.10 Å². The minimum atomic E-state index is -0.291. The van der Waals surface area contributed by atoms with E-state index in [2.05, 4.69) is 10.1 Å². The molecule has 3 nitrogen and oxygen atoms in total. The summed E-state index contributed by atoms with van der Waals surface area (Å²) in [5, 5.41) is 5.53. The molecule has 1 aromatic heterocycles. The molecule has 0 saturated heterocycles. The molecule has 1 atom stereocenters. The molecular formula is C19H15F2N3S. The smallest absolute Gasteiger partial charge is 0.161 e. The molecule has 0 N–H and O–H groups in total. The number of aliphatic imine (C=N–C) groups is 1. The van der Waals surface area contributed by atoms with Crippen molar-refractivity contribution < 1.29 is 8.78 Å². The van der Waals surface area contributed by atoms with Crippen LogP contribution in [-0.4, -0.2) is 14.8 Å². The predicted octanol–water partition coefficient (Wildman–Crippen LogP) is 5.35. The lowest BCUT2D eigenvalue weighted by Gasteiger charge is -2.22. The number of hydrogen-bond acceptors (Lipinski definition) is 3. The highest BCUT2D eigenvalue weighted by Crippen LogP contribution is 2.47. The van der Waals surface area contributed by atoms with Crippen LogP contribution in [0.25, 0.3) is 5.69 Å². The van der Waals surface area contributed by atoms with Gasteiger partial charge in [0.05, 0.1) is 21.7 Å². The minimum Gasteiger partial charge on any atom is -0.227 e. The molecule has 0 unspecified atom stereocenters. The van der Waals surface area contributed by atoms with Crippen molar-refractivity contribution in [1.82, 2.24) is 9.78 Å². The van der Waals surface area contributed by atoms with Crippen molar-refractivity contribution in [2.24, 2.45) is 4.99 Å². The highest BCUT2D eigenvalue weighted by Gasteiger charge is 2.30. The lowest BCUT2D eigenvalue weighted by Crippen LogP contribution is -2.06. The number of aromatic nitrogens is 2. The Kier molecular flexibility index (Phi) is 3.92. The fourth-order valence-corrected chi connectivity index (χ4v) is 4.15. The van der Waals surface area contributed by atoms with Gasteiger partial charge in [0.2, 0.25) is 0 Å². The fourth-order valence-electron chi connectivity index (χ4n) is 2.98. The molecule has 1 aliphatic rings. The predicted molar refractivity (Wildman–Crippen MR) is 96.9 cm³/mol. The van der Waals surface area contributed by atoms with Crippen LogP contribution in [-0.2, 0) is 0 Å². The molecule has 6 heteroatoms. The number of aryl methyl sites for hydroxylation is 1. The lowest BCUT2D eigenvalue weighted by atomic mass is 10.0. The Morgan fingerprint density at radius 1 is 0.920 bits per heavy atom. The first-order valence-electron chi connectivity index (χ1n) is 7.86. The van der Waals surface area contributed by atoms with Gasteiger partial charge in [-0.05, 0) is 55.8 Å². The van der Waals surface area contributed by atoms with Crippen molar-refractivity contribution in [3.8, 4) is 5.69 Å². The Morgan fingerprint density at radius 2 is 1.52 bits per heavy atom. The standard InChI is InChI=1S/C19H15F2N3S/c1-11-17-18(13-3-5-14(20)6-4-13)25-12(2)22-19(17)24(23-11)16-9-7-15(21)8-10-16/h3-10,18H,1-2H3/t18-/m1/s1. The summed E-state index contributed by atoms with van der Waals surface area (Å²) in [4.78, 5) is 4.67. The average molecular weight is 355 g/mol. The molecule has 2 aromatic carbocycles. The van der Waals surface area contributed by atoms with E-state index in [1.54, 1.807) is 40.7 Å². The van der Waals surface area contributed by atoms with Crippen LogP contribution in [0.5, 0.6) is 0 Å². The molecule has 126 valence electrons. The third-order valence-corrected chi connectivity index (χ3v) is 5.32. The van der Waals surface area contributed by atoms with Crippen LogP contribution in [0, 0.1) is 18.6 Å². The van der Waals surface area contributed by atoms with Crippen molar-refractivity contribution in [2.75, 3.05) is 0 Å². The third kappa shape index (κ3) is 2.87. The number of rotatable bonds is 2.